The highest BCUT2D eigenvalue weighted by Crippen LogP contribution is 2.19. The number of hydrogen-bond acceptors (Lipinski definition) is 3. The van der Waals surface area contributed by atoms with Crippen LogP contribution in [0.3, 0.4) is 0 Å². The molecule has 2 rings (SSSR count). The topological polar surface area (TPSA) is 66.5 Å². The lowest BCUT2D eigenvalue weighted by Crippen LogP contribution is -2.40. The third-order valence-electron chi connectivity index (χ3n) is 4.40. The quantitative estimate of drug-likeness (QED) is 0.611. The molecule has 5 nitrogen and oxygen atoms in total. The summed E-state index contributed by atoms with van der Waals surface area (Å²) in [5, 5.41) is 2.88. The molecule has 0 atom stereocenters. The second kappa shape index (κ2) is 9.16. The van der Waals surface area contributed by atoms with Crippen LogP contribution < -0.4 is 10.2 Å². The Morgan fingerprint density at radius 3 is 2.60 bits per heavy atom. The van der Waals surface area contributed by atoms with E-state index in [0.29, 0.717) is 17.8 Å². The molecule has 5 heteroatoms. The number of hydrogen-bond donors (Lipinski definition) is 1. The van der Waals surface area contributed by atoms with Gasteiger partial charge in [-0.2, -0.15) is 0 Å². The van der Waals surface area contributed by atoms with E-state index in [1.165, 1.54) is 37.2 Å². The number of ketones is 1. The number of benzene rings is 1. The first kappa shape index (κ1) is 18.9. The summed E-state index contributed by atoms with van der Waals surface area (Å²) in [6.07, 6.45) is 7.87. The molecule has 25 heavy (non-hydrogen) atoms. The number of carbonyl (C=O) groups is 3. The zero-order valence-electron chi connectivity index (χ0n) is 15.0. The van der Waals surface area contributed by atoms with Crippen LogP contribution in [0.5, 0.6) is 0 Å². The third-order valence-corrected chi connectivity index (χ3v) is 4.40. The number of allylic oxidation sites excluding steroid dienone is 1. The molecule has 0 spiro atoms. The molecule has 1 N–H and O–H groups in total. The van der Waals surface area contributed by atoms with Crippen LogP contribution in [0.2, 0.25) is 0 Å². The molecular weight excluding hydrogens is 316 g/mol. The van der Waals surface area contributed by atoms with Gasteiger partial charge in [-0.15, -0.1) is 0 Å². The SMILES string of the molecule is CC(=O)c1cccc(N(CC(=O)NCCC2=CCCCC2)C(C)=O)c1. The predicted molar refractivity (Wildman–Crippen MR) is 98.7 cm³/mol. The lowest BCUT2D eigenvalue weighted by atomic mass is 9.97. The fraction of sp³-hybridized carbons (Fsp3) is 0.450. The van der Waals surface area contributed by atoms with Gasteiger partial charge < -0.3 is 10.2 Å². The molecule has 0 unspecified atom stereocenters. The Bertz CT molecular complexity index is 679. The lowest BCUT2D eigenvalue weighted by Gasteiger charge is -2.21. The van der Waals surface area contributed by atoms with Crippen molar-refractivity contribution in [1.29, 1.82) is 0 Å². The van der Waals surface area contributed by atoms with Crippen molar-refractivity contribution in [3.8, 4) is 0 Å². The maximum absolute atomic E-state index is 12.2. The van der Waals surface area contributed by atoms with Crippen LogP contribution in [-0.4, -0.2) is 30.7 Å². The molecule has 134 valence electrons. The number of rotatable bonds is 7. The van der Waals surface area contributed by atoms with E-state index in [0.717, 1.165) is 19.3 Å². The molecule has 0 radical (unpaired) electrons. The zero-order chi connectivity index (χ0) is 18.2. The van der Waals surface area contributed by atoms with Crippen LogP contribution in [0.1, 0.15) is 56.3 Å². The minimum atomic E-state index is -0.231. The van der Waals surface area contributed by atoms with Crippen molar-refractivity contribution in [3.05, 3.63) is 41.5 Å². The van der Waals surface area contributed by atoms with E-state index in [4.69, 9.17) is 0 Å². The molecular formula is C20H26N2O3. The number of amides is 2. The van der Waals surface area contributed by atoms with Crippen LogP contribution in [0.4, 0.5) is 5.69 Å². The fourth-order valence-corrected chi connectivity index (χ4v) is 2.97. The summed E-state index contributed by atoms with van der Waals surface area (Å²) < 4.78 is 0. The summed E-state index contributed by atoms with van der Waals surface area (Å²) in [5.74, 6) is -0.499. The molecule has 1 aliphatic carbocycles. The summed E-state index contributed by atoms with van der Waals surface area (Å²) in [5.41, 5.74) is 2.49. The summed E-state index contributed by atoms with van der Waals surface area (Å²) in [6.45, 7) is 3.43. The standard InChI is InChI=1S/C20H26N2O3/c1-15(23)18-9-6-10-19(13-18)22(16(2)24)14-20(25)21-12-11-17-7-4-3-5-8-17/h6-7,9-10,13H,3-5,8,11-12,14H2,1-2H3,(H,21,25). The highest BCUT2D eigenvalue weighted by molar-refractivity contribution is 6.00. The minimum absolute atomic E-state index is 0.0459. The first-order valence-corrected chi connectivity index (χ1v) is 8.81. The third kappa shape index (κ3) is 5.85. The molecule has 1 aromatic rings. The van der Waals surface area contributed by atoms with E-state index in [-0.39, 0.29) is 24.1 Å². The van der Waals surface area contributed by atoms with Gasteiger partial charge in [0.25, 0.3) is 0 Å². The minimum Gasteiger partial charge on any atom is -0.354 e. The second-order valence-corrected chi connectivity index (χ2v) is 6.42. The highest BCUT2D eigenvalue weighted by Gasteiger charge is 2.16. The van der Waals surface area contributed by atoms with E-state index in [2.05, 4.69) is 11.4 Å². The smallest absolute Gasteiger partial charge is 0.240 e. The van der Waals surface area contributed by atoms with Crippen molar-refractivity contribution in [2.75, 3.05) is 18.0 Å². The van der Waals surface area contributed by atoms with E-state index >= 15 is 0 Å². The number of Topliss-reactive ketones (excluding diaryl/α,β-unsaturated/α-hetero) is 1. The molecule has 0 bridgehead atoms. The number of carbonyl (C=O) groups excluding carboxylic acids is 3. The van der Waals surface area contributed by atoms with E-state index in [1.807, 2.05) is 0 Å². The molecule has 1 aromatic carbocycles. The van der Waals surface area contributed by atoms with Gasteiger partial charge in [0.15, 0.2) is 5.78 Å². The Morgan fingerprint density at radius 2 is 1.96 bits per heavy atom. The maximum Gasteiger partial charge on any atom is 0.240 e. The van der Waals surface area contributed by atoms with Gasteiger partial charge in [0.05, 0.1) is 0 Å². The van der Waals surface area contributed by atoms with Gasteiger partial charge in [0.2, 0.25) is 11.8 Å². The monoisotopic (exact) mass is 342 g/mol. The summed E-state index contributed by atoms with van der Waals surface area (Å²) >= 11 is 0. The van der Waals surface area contributed by atoms with Crippen LogP contribution in [-0.2, 0) is 9.59 Å². The molecule has 0 saturated heterocycles. The van der Waals surface area contributed by atoms with Crippen LogP contribution >= 0.6 is 0 Å². The van der Waals surface area contributed by atoms with Gasteiger partial charge in [-0.1, -0.05) is 23.8 Å². The molecule has 0 saturated carbocycles. The summed E-state index contributed by atoms with van der Waals surface area (Å²) in [6, 6.07) is 6.79. The normalized spacial score (nSPS) is 13.8. The predicted octanol–water partition coefficient (Wildman–Crippen LogP) is 3.25. The molecule has 0 heterocycles. The van der Waals surface area contributed by atoms with Crippen LogP contribution in [0.25, 0.3) is 0 Å². The number of nitrogens with one attached hydrogen (secondary N) is 1. The fourth-order valence-electron chi connectivity index (χ4n) is 2.97. The molecule has 2 amide bonds. The summed E-state index contributed by atoms with van der Waals surface area (Å²) in [4.78, 5) is 37.0. The zero-order valence-corrected chi connectivity index (χ0v) is 15.0. The first-order valence-electron chi connectivity index (χ1n) is 8.81. The second-order valence-electron chi connectivity index (χ2n) is 6.42. The van der Waals surface area contributed by atoms with Gasteiger partial charge in [-0.25, -0.2) is 0 Å². The van der Waals surface area contributed by atoms with Crippen molar-refractivity contribution >= 4 is 23.3 Å². The Morgan fingerprint density at radius 1 is 1.16 bits per heavy atom. The van der Waals surface area contributed by atoms with Crippen molar-refractivity contribution in [2.45, 2.75) is 46.0 Å². The van der Waals surface area contributed by atoms with Gasteiger partial charge in [0, 0.05) is 24.7 Å². The van der Waals surface area contributed by atoms with Crippen molar-refractivity contribution in [3.63, 3.8) is 0 Å². The van der Waals surface area contributed by atoms with E-state index in [9.17, 15) is 14.4 Å². The van der Waals surface area contributed by atoms with Crippen LogP contribution in [0.15, 0.2) is 35.9 Å². The average Bonchev–Trinajstić information content (AvgIpc) is 2.60. The molecule has 0 aromatic heterocycles. The summed E-state index contributed by atoms with van der Waals surface area (Å²) in [7, 11) is 0. The Kier molecular flexibility index (Phi) is 6.92. The Labute approximate surface area is 149 Å². The lowest BCUT2D eigenvalue weighted by molar-refractivity contribution is -0.123. The van der Waals surface area contributed by atoms with E-state index < -0.39 is 0 Å². The van der Waals surface area contributed by atoms with Gasteiger partial charge in [-0.05, 0) is 51.2 Å². The maximum atomic E-state index is 12.2. The Balaban J connectivity index is 1.93. The van der Waals surface area contributed by atoms with Gasteiger partial charge in [-0.3, -0.25) is 14.4 Å². The highest BCUT2D eigenvalue weighted by atomic mass is 16.2. The van der Waals surface area contributed by atoms with Crippen molar-refractivity contribution < 1.29 is 14.4 Å². The van der Waals surface area contributed by atoms with Crippen LogP contribution in [0, 0.1) is 0 Å². The van der Waals surface area contributed by atoms with Gasteiger partial charge in [0.1, 0.15) is 6.54 Å². The largest absolute Gasteiger partial charge is 0.354 e. The molecule has 1 aliphatic rings. The number of nitrogens with zero attached hydrogens (tertiary/aromatic N) is 1. The Hall–Kier alpha value is -2.43. The van der Waals surface area contributed by atoms with E-state index in [1.54, 1.807) is 24.3 Å². The van der Waals surface area contributed by atoms with Gasteiger partial charge >= 0.3 is 0 Å². The molecule has 0 aliphatic heterocycles. The first-order chi connectivity index (χ1) is 12.0. The number of anilines is 1. The molecule has 0 fully saturated rings. The van der Waals surface area contributed by atoms with Crippen molar-refractivity contribution in [2.24, 2.45) is 0 Å². The van der Waals surface area contributed by atoms with Crippen molar-refractivity contribution in [1.82, 2.24) is 5.32 Å². The average molecular weight is 342 g/mol.